The summed E-state index contributed by atoms with van der Waals surface area (Å²) < 4.78 is 0. The Kier molecular flexibility index (Phi) is 4.81. The summed E-state index contributed by atoms with van der Waals surface area (Å²) >= 11 is 0. The van der Waals surface area contributed by atoms with Crippen molar-refractivity contribution in [3.63, 3.8) is 0 Å². The molecular formula is C17H27N3. The Labute approximate surface area is 123 Å². The van der Waals surface area contributed by atoms with E-state index in [9.17, 15) is 0 Å². The Balaban J connectivity index is 2.05. The van der Waals surface area contributed by atoms with E-state index >= 15 is 0 Å². The number of nitrogens with zero attached hydrogens (tertiary/aromatic N) is 2. The third-order valence-corrected chi connectivity index (χ3v) is 3.89. The van der Waals surface area contributed by atoms with Gasteiger partial charge in [0.2, 0.25) is 0 Å². The molecule has 0 fully saturated rings. The molecule has 0 radical (unpaired) electrons. The molecule has 2 heterocycles. The maximum Gasteiger partial charge on any atom is 0.129 e. The Morgan fingerprint density at radius 2 is 2.15 bits per heavy atom. The first-order valence-corrected chi connectivity index (χ1v) is 7.61. The van der Waals surface area contributed by atoms with E-state index in [1.807, 2.05) is 6.20 Å². The molecule has 20 heavy (non-hydrogen) atoms. The first kappa shape index (κ1) is 15.0. The van der Waals surface area contributed by atoms with Gasteiger partial charge in [-0.25, -0.2) is 4.98 Å². The van der Waals surface area contributed by atoms with Gasteiger partial charge in [-0.3, -0.25) is 0 Å². The maximum atomic E-state index is 4.53. The van der Waals surface area contributed by atoms with Crippen LogP contribution < -0.4 is 10.2 Å². The number of anilines is 1. The second-order valence-corrected chi connectivity index (χ2v) is 6.48. The van der Waals surface area contributed by atoms with Gasteiger partial charge in [-0.15, -0.1) is 0 Å². The highest BCUT2D eigenvalue weighted by Crippen LogP contribution is 2.31. The van der Waals surface area contributed by atoms with Crippen LogP contribution in [-0.4, -0.2) is 24.6 Å². The topological polar surface area (TPSA) is 28.2 Å². The summed E-state index contributed by atoms with van der Waals surface area (Å²) in [7, 11) is 0. The van der Waals surface area contributed by atoms with E-state index in [0.717, 1.165) is 38.4 Å². The van der Waals surface area contributed by atoms with Crippen molar-refractivity contribution in [2.45, 2.75) is 40.7 Å². The Hall–Kier alpha value is -1.35. The van der Waals surface area contributed by atoms with Crippen LogP contribution >= 0.6 is 0 Å². The Morgan fingerprint density at radius 1 is 1.35 bits per heavy atom. The van der Waals surface area contributed by atoms with Crippen LogP contribution in [0.1, 0.15) is 39.7 Å². The minimum Gasteiger partial charge on any atom is -0.353 e. The van der Waals surface area contributed by atoms with E-state index in [2.05, 4.69) is 61.1 Å². The number of rotatable bonds is 4. The van der Waals surface area contributed by atoms with Gasteiger partial charge in [0.05, 0.1) is 0 Å². The van der Waals surface area contributed by atoms with E-state index in [1.165, 1.54) is 5.56 Å². The predicted molar refractivity (Wildman–Crippen MR) is 86.0 cm³/mol. The van der Waals surface area contributed by atoms with Gasteiger partial charge < -0.3 is 10.2 Å². The van der Waals surface area contributed by atoms with E-state index in [0.29, 0.717) is 5.41 Å². The normalized spacial score (nSPS) is 16.2. The maximum absolute atomic E-state index is 4.53. The lowest BCUT2D eigenvalue weighted by molar-refractivity contribution is 0.472. The molecule has 1 aromatic heterocycles. The summed E-state index contributed by atoms with van der Waals surface area (Å²) in [5.41, 5.74) is 3.17. The zero-order chi connectivity index (χ0) is 14.6. The molecule has 0 amide bonds. The molecule has 110 valence electrons. The molecule has 0 atom stereocenters. The lowest BCUT2D eigenvalue weighted by Crippen LogP contribution is -2.31. The van der Waals surface area contributed by atoms with Crippen molar-refractivity contribution >= 4 is 5.82 Å². The van der Waals surface area contributed by atoms with Crippen molar-refractivity contribution in [2.75, 3.05) is 24.5 Å². The molecule has 0 unspecified atom stereocenters. The second-order valence-electron chi connectivity index (χ2n) is 6.48. The molecule has 1 aliphatic heterocycles. The predicted octanol–water partition coefficient (Wildman–Crippen LogP) is 3.37. The van der Waals surface area contributed by atoms with Crippen LogP contribution in [0.5, 0.6) is 0 Å². The molecule has 0 aromatic carbocycles. The van der Waals surface area contributed by atoms with Gasteiger partial charge in [0, 0.05) is 25.8 Å². The zero-order valence-corrected chi connectivity index (χ0v) is 13.2. The fourth-order valence-electron chi connectivity index (χ4n) is 2.57. The molecule has 2 rings (SSSR count). The van der Waals surface area contributed by atoms with Gasteiger partial charge in [0.15, 0.2) is 0 Å². The van der Waals surface area contributed by atoms with Crippen LogP contribution in [0.25, 0.3) is 0 Å². The molecule has 3 nitrogen and oxygen atoms in total. The van der Waals surface area contributed by atoms with E-state index in [1.54, 1.807) is 5.57 Å². The Morgan fingerprint density at radius 3 is 2.75 bits per heavy atom. The molecule has 0 saturated heterocycles. The van der Waals surface area contributed by atoms with Crippen LogP contribution in [0.4, 0.5) is 5.82 Å². The number of hydrogen-bond acceptors (Lipinski definition) is 3. The highest BCUT2D eigenvalue weighted by molar-refractivity contribution is 5.43. The number of pyridine rings is 1. The molecule has 0 aliphatic carbocycles. The van der Waals surface area contributed by atoms with Gasteiger partial charge in [-0.1, -0.05) is 39.3 Å². The average Bonchev–Trinajstić information content (AvgIpc) is 2.45. The van der Waals surface area contributed by atoms with Crippen molar-refractivity contribution in [3.05, 3.63) is 35.5 Å². The lowest BCUT2D eigenvalue weighted by Gasteiger charge is -2.33. The molecule has 1 aliphatic rings. The largest absolute Gasteiger partial charge is 0.353 e. The molecule has 1 aromatic rings. The second kappa shape index (κ2) is 6.40. The summed E-state index contributed by atoms with van der Waals surface area (Å²) in [5, 5.41) is 3.36. The van der Waals surface area contributed by atoms with Crippen LogP contribution in [-0.2, 0) is 6.54 Å². The van der Waals surface area contributed by atoms with Crippen molar-refractivity contribution in [2.24, 2.45) is 5.41 Å². The third-order valence-electron chi connectivity index (χ3n) is 3.89. The minimum atomic E-state index is 0.298. The van der Waals surface area contributed by atoms with Crippen LogP contribution in [0.2, 0.25) is 0 Å². The summed E-state index contributed by atoms with van der Waals surface area (Å²) in [6, 6.07) is 4.30. The summed E-state index contributed by atoms with van der Waals surface area (Å²) in [5.74, 6) is 1.10. The van der Waals surface area contributed by atoms with Gasteiger partial charge in [-0.05, 0) is 36.1 Å². The quantitative estimate of drug-likeness (QED) is 0.853. The highest BCUT2D eigenvalue weighted by atomic mass is 15.2. The monoisotopic (exact) mass is 273 g/mol. The summed E-state index contributed by atoms with van der Waals surface area (Å²) in [6.07, 6.45) is 5.44. The third kappa shape index (κ3) is 3.83. The molecule has 0 spiro atoms. The van der Waals surface area contributed by atoms with Crippen LogP contribution in [0.15, 0.2) is 30.0 Å². The first-order valence-electron chi connectivity index (χ1n) is 7.61. The van der Waals surface area contributed by atoms with Crippen LogP contribution in [0.3, 0.4) is 0 Å². The fraction of sp³-hybridized carbons (Fsp3) is 0.588. The smallest absolute Gasteiger partial charge is 0.129 e. The number of aromatic nitrogens is 1. The first-order chi connectivity index (χ1) is 9.50. The van der Waals surface area contributed by atoms with Gasteiger partial charge in [-0.2, -0.15) is 0 Å². The van der Waals surface area contributed by atoms with E-state index < -0.39 is 0 Å². The number of nitrogens with one attached hydrogen (secondary N) is 1. The molecule has 1 N–H and O–H groups in total. The Bertz CT molecular complexity index is 471. The van der Waals surface area contributed by atoms with Crippen molar-refractivity contribution in [1.82, 2.24) is 10.3 Å². The fourth-order valence-corrected chi connectivity index (χ4v) is 2.57. The average molecular weight is 273 g/mol. The SMILES string of the molecule is CCNCc1ccnc(N2CC=C(C(C)(C)C)CC2)c1. The molecular weight excluding hydrogens is 246 g/mol. The molecule has 3 heteroatoms. The van der Waals surface area contributed by atoms with Gasteiger partial charge in [0.1, 0.15) is 5.82 Å². The highest BCUT2D eigenvalue weighted by Gasteiger charge is 2.21. The van der Waals surface area contributed by atoms with Crippen LogP contribution in [0, 0.1) is 5.41 Å². The van der Waals surface area contributed by atoms with E-state index in [-0.39, 0.29) is 0 Å². The van der Waals surface area contributed by atoms with Crippen molar-refractivity contribution < 1.29 is 0 Å². The minimum absolute atomic E-state index is 0.298. The zero-order valence-electron chi connectivity index (χ0n) is 13.2. The summed E-state index contributed by atoms with van der Waals surface area (Å²) in [6.45, 7) is 13.0. The summed E-state index contributed by atoms with van der Waals surface area (Å²) in [4.78, 5) is 6.89. The molecule has 0 saturated carbocycles. The number of hydrogen-bond donors (Lipinski definition) is 1. The van der Waals surface area contributed by atoms with Gasteiger partial charge in [0.25, 0.3) is 0 Å². The van der Waals surface area contributed by atoms with Gasteiger partial charge >= 0.3 is 0 Å². The standard InChI is InChI=1S/C17H27N3/c1-5-18-13-14-6-9-19-16(12-14)20-10-7-15(8-11-20)17(2,3)4/h6-7,9,12,18H,5,8,10-11,13H2,1-4H3. The van der Waals surface area contributed by atoms with Crippen molar-refractivity contribution in [3.8, 4) is 0 Å². The molecule has 0 bridgehead atoms. The van der Waals surface area contributed by atoms with E-state index in [4.69, 9.17) is 0 Å². The lowest BCUT2D eigenvalue weighted by atomic mass is 9.83. The van der Waals surface area contributed by atoms with Crippen molar-refractivity contribution in [1.29, 1.82) is 0 Å².